The SMILES string of the molecule is C=CCCC(=O)N1CC[C@H]2[C@H](CCC(=O)N2Cc2ccc(F)cc2)C1. The molecule has 2 amide bonds. The first-order chi connectivity index (χ1) is 12.1. The van der Waals surface area contributed by atoms with Crippen LogP contribution in [0.2, 0.25) is 0 Å². The number of rotatable bonds is 5. The van der Waals surface area contributed by atoms with Crippen LogP contribution in [0.1, 0.15) is 37.7 Å². The molecule has 0 N–H and O–H groups in total. The van der Waals surface area contributed by atoms with Crippen LogP contribution in [0.3, 0.4) is 0 Å². The lowest BCUT2D eigenvalue weighted by atomic mass is 9.83. The number of halogens is 1. The third-order valence-electron chi connectivity index (χ3n) is 5.32. The highest BCUT2D eigenvalue weighted by atomic mass is 19.1. The maximum Gasteiger partial charge on any atom is 0.223 e. The fraction of sp³-hybridized carbons (Fsp3) is 0.500. The van der Waals surface area contributed by atoms with Crippen molar-refractivity contribution in [2.75, 3.05) is 13.1 Å². The Morgan fingerprint density at radius 2 is 2.04 bits per heavy atom. The van der Waals surface area contributed by atoms with Crippen LogP contribution in [-0.2, 0) is 16.1 Å². The summed E-state index contributed by atoms with van der Waals surface area (Å²) < 4.78 is 13.1. The molecule has 2 atom stereocenters. The molecule has 0 aliphatic carbocycles. The van der Waals surface area contributed by atoms with Crippen LogP contribution < -0.4 is 0 Å². The van der Waals surface area contributed by atoms with Crippen molar-refractivity contribution >= 4 is 11.8 Å². The number of allylic oxidation sites excluding steroid dienone is 1. The second-order valence-electron chi connectivity index (χ2n) is 6.97. The summed E-state index contributed by atoms with van der Waals surface area (Å²) in [5.74, 6) is 0.412. The quantitative estimate of drug-likeness (QED) is 0.770. The zero-order valence-corrected chi connectivity index (χ0v) is 14.5. The largest absolute Gasteiger partial charge is 0.342 e. The topological polar surface area (TPSA) is 40.6 Å². The first-order valence-corrected chi connectivity index (χ1v) is 9.01. The smallest absolute Gasteiger partial charge is 0.223 e. The molecule has 0 radical (unpaired) electrons. The van der Waals surface area contributed by atoms with Gasteiger partial charge >= 0.3 is 0 Å². The molecule has 134 valence electrons. The summed E-state index contributed by atoms with van der Waals surface area (Å²) in [7, 11) is 0. The van der Waals surface area contributed by atoms with Crippen LogP contribution in [0, 0.1) is 11.7 Å². The van der Waals surface area contributed by atoms with Gasteiger partial charge in [-0.3, -0.25) is 9.59 Å². The molecular weight excluding hydrogens is 319 g/mol. The Morgan fingerprint density at radius 3 is 2.76 bits per heavy atom. The monoisotopic (exact) mass is 344 g/mol. The van der Waals surface area contributed by atoms with Crippen molar-refractivity contribution in [3.05, 3.63) is 48.3 Å². The third kappa shape index (κ3) is 4.09. The van der Waals surface area contributed by atoms with E-state index in [-0.39, 0.29) is 23.7 Å². The van der Waals surface area contributed by atoms with Crippen molar-refractivity contribution in [3.63, 3.8) is 0 Å². The summed E-state index contributed by atoms with van der Waals surface area (Å²) in [6.45, 7) is 5.62. The van der Waals surface area contributed by atoms with E-state index in [4.69, 9.17) is 0 Å². The average Bonchev–Trinajstić information content (AvgIpc) is 2.63. The number of amides is 2. The Morgan fingerprint density at radius 1 is 1.28 bits per heavy atom. The maximum atomic E-state index is 13.1. The van der Waals surface area contributed by atoms with Gasteiger partial charge in [0, 0.05) is 38.5 Å². The molecule has 5 heteroatoms. The van der Waals surface area contributed by atoms with Gasteiger partial charge in [-0.15, -0.1) is 6.58 Å². The van der Waals surface area contributed by atoms with Gasteiger partial charge in [0.05, 0.1) is 0 Å². The number of likely N-dealkylation sites (tertiary alicyclic amines) is 2. The highest BCUT2D eigenvalue weighted by Gasteiger charge is 2.40. The lowest BCUT2D eigenvalue weighted by Crippen LogP contribution is -2.56. The van der Waals surface area contributed by atoms with Crippen LogP contribution in [0.5, 0.6) is 0 Å². The summed E-state index contributed by atoms with van der Waals surface area (Å²) >= 11 is 0. The number of benzene rings is 1. The van der Waals surface area contributed by atoms with E-state index in [2.05, 4.69) is 6.58 Å². The molecule has 0 bridgehead atoms. The van der Waals surface area contributed by atoms with Crippen LogP contribution in [-0.4, -0.2) is 40.7 Å². The zero-order chi connectivity index (χ0) is 17.8. The predicted octanol–water partition coefficient (Wildman–Crippen LogP) is 3.13. The molecule has 1 aromatic rings. The minimum Gasteiger partial charge on any atom is -0.342 e. The van der Waals surface area contributed by atoms with Crippen molar-refractivity contribution in [2.45, 2.75) is 44.7 Å². The van der Waals surface area contributed by atoms with E-state index >= 15 is 0 Å². The number of piperidine rings is 2. The average molecular weight is 344 g/mol. The van der Waals surface area contributed by atoms with Crippen LogP contribution in [0.4, 0.5) is 4.39 Å². The summed E-state index contributed by atoms with van der Waals surface area (Å²) in [6, 6.07) is 6.51. The highest BCUT2D eigenvalue weighted by molar-refractivity contribution is 5.78. The molecule has 0 unspecified atom stereocenters. The van der Waals surface area contributed by atoms with Gasteiger partial charge < -0.3 is 9.80 Å². The Balaban J connectivity index is 1.66. The molecule has 25 heavy (non-hydrogen) atoms. The zero-order valence-electron chi connectivity index (χ0n) is 14.5. The Kier molecular flexibility index (Phi) is 5.51. The number of carbonyl (C=O) groups excluding carboxylic acids is 2. The second kappa shape index (κ2) is 7.81. The Labute approximate surface area is 148 Å². The van der Waals surface area contributed by atoms with E-state index < -0.39 is 0 Å². The molecule has 2 aliphatic rings. The second-order valence-corrected chi connectivity index (χ2v) is 6.97. The predicted molar refractivity (Wildman–Crippen MR) is 94.1 cm³/mol. The summed E-state index contributed by atoms with van der Waals surface area (Å²) in [5.41, 5.74) is 0.944. The van der Waals surface area contributed by atoms with Crippen molar-refractivity contribution in [1.29, 1.82) is 0 Å². The van der Waals surface area contributed by atoms with Crippen molar-refractivity contribution in [1.82, 2.24) is 9.80 Å². The molecule has 0 spiro atoms. The lowest BCUT2D eigenvalue weighted by Gasteiger charge is -2.47. The molecule has 2 fully saturated rings. The van der Waals surface area contributed by atoms with Gasteiger partial charge in [0.25, 0.3) is 0 Å². The van der Waals surface area contributed by atoms with E-state index in [0.29, 0.717) is 38.3 Å². The third-order valence-corrected chi connectivity index (χ3v) is 5.32. The number of fused-ring (bicyclic) bond motifs is 1. The van der Waals surface area contributed by atoms with E-state index in [1.807, 2.05) is 9.80 Å². The molecule has 2 aliphatic heterocycles. The Bertz CT molecular complexity index is 644. The van der Waals surface area contributed by atoms with Crippen LogP contribution >= 0.6 is 0 Å². The first-order valence-electron chi connectivity index (χ1n) is 9.01. The molecule has 1 aromatic carbocycles. The van der Waals surface area contributed by atoms with Gasteiger partial charge in [0.2, 0.25) is 11.8 Å². The normalized spacial score (nSPS) is 23.3. The van der Waals surface area contributed by atoms with Crippen molar-refractivity contribution < 1.29 is 14.0 Å². The summed E-state index contributed by atoms with van der Waals surface area (Å²) in [4.78, 5) is 28.6. The number of hydrogen-bond donors (Lipinski definition) is 0. The fourth-order valence-corrected chi connectivity index (χ4v) is 3.95. The molecule has 4 nitrogen and oxygen atoms in total. The van der Waals surface area contributed by atoms with Gasteiger partial charge in [-0.25, -0.2) is 4.39 Å². The molecule has 3 rings (SSSR count). The lowest BCUT2D eigenvalue weighted by molar-refractivity contribution is -0.145. The molecule has 2 saturated heterocycles. The highest BCUT2D eigenvalue weighted by Crippen LogP contribution is 2.32. The minimum absolute atomic E-state index is 0.164. The molecule has 2 heterocycles. The van der Waals surface area contributed by atoms with Gasteiger partial charge in [-0.1, -0.05) is 18.2 Å². The van der Waals surface area contributed by atoms with Crippen molar-refractivity contribution in [2.24, 2.45) is 5.92 Å². The summed E-state index contributed by atoms with van der Waals surface area (Å²) in [5, 5.41) is 0. The molecular formula is C20H25FN2O2. The van der Waals surface area contributed by atoms with Crippen LogP contribution in [0.15, 0.2) is 36.9 Å². The van der Waals surface area contributed by atoms with Gasteiger partial charge in [0.1, 0.15) is 5.82 Å². The minimum atomic E-state index is -0.266. The van der Waals surface area contributed by atoms with Gasteiger partial charge in [-0.05, 0) is 42.9 Å². The number of hydrogen-bond acceptors (Lipinski definition) is 2. The van der Waals surface area contributed by atoms with E-state index in [1.165, 1.54) is 12.1 Å². The van der Waals surface area contributed by atoms with Crippen molar-refractivity contribution in [3.8, 4) is 0 Å². The van der Waals surface area contributed by atoms with E-state index in [1.54, 1.807) is 18.2 Å². The Hall–Kier alpha value is -2.17. The first kappa shape index (κ1) is 17.6. The van der Waals surface area contributed by atoms with Gasteiger partial charge in [0.15, 0.2) is 0 Å². The molecule has 0 aromatic heterocycles. The maximum absolute atomic E-state index is 13.1. The van der Waals surface area contributed by atoms with E-state index in [0.717, 1.165) is 24.9 Å². The van der Waals surface area contributed by atoms with E-state index in [9.17, 15) is 14.0 Å². The number of carbonyl (C=O) groups is 2. The summed E-state index contributed by atoms with van der Waals surface area (Å²) in [6.07, 6.45) is 5.18. The standard InChI is InChI=1S/C20H25FN2O2/c1-2-3-4-19(24)22-12-11-18-16(14-22)7-10-20(25)23(18)13-15-5-8-17(21)9-6-15/h2,5-6,8-9,16,18H,1,3-4,7,10-14H2/t16-,18+/m1/s1. The fourth-order valence-electron chi connectivity index (χ4n) is 3.95. The molecule has 0 saturated carbocycles. The number of nitrogens with zero attached hydrogens (tertiary/aromatic N) is 2. The van der Waals surface area contributed by atoms with Crippen LogP contribution in [0.25, 0.3) is 0 Å². The van der Waals surface area contributed by atoms with Gasteiger partial charge in [-0.2, -0.15) is 0 Å².